The quantitative estimate of drug-likeness (QED) is 0.554. The highest BCUT2D eigenvalue weighted by atomic mass is 35.5. The molecule has 164 valence electrons. The molecular weight excluding hydrogens is 437 g/mol. The first kappa shape index (κ1) is 25.2. The van der Waals surface area contributed by atoms with Gasteiger partial charge in [-0.15, -0.1) is 0 Å². The number of amides is 1. The Morgan fingerprint density at radius 2 is 1.86 bits per heavy atom. The summed E-state index contributed by atoms with van der Waals surface area (Å²) in [6, 6.07) is 1.30. The fraction of sp³-hybridized carbons (Fsp3) is 0.529. The summed E-state index contributed by atoms with van der Waals surface area (Å²) in [5, 5.41) is 1.82. The van der Waals surface area contributed by atoms with Crippen molar-refractivity contribution in [3.05, 3.63) is 28.8 Å². The molecule has 0 aliphatic heterocycles. The van der Waals surface area contributed by atoms with E-state index < -0.39 is 49.6 Å². The fourth-order valence-electron chi connectivity index (χ4n) is 2.37. The molecule has 0 radical (unpaired) electrons. The second kappa shape index (κ2) is 10.3. The summed E-state index contributed by atoms with van der Waals surface area (Å²) >= 11 is 5.47. The average molecular weight is 459 g/mol. The number of hydrogen-bond acceptors (Lipinski definition) is 5. The van der Waals surface area contributed by atoms with Crippen molar-refractivity contribution in [1.29, 1.82) is 0 Å². The fourth-order valence-corrected chi connectivity index (χ4v) is 3.65. The lowest BCUT2D eigenvalue weighted by atomic mass is 10.0. The number of esters is 1. The van der Waals surface area contributed by atoms with Crippen LogP contribution >= 0.6 is 11.6 Å². The normalized spacial score (nSPS) is 13.2. The largest absolute Gasteiger partial charge is 0.467 e. The van der Waals surface area contributed by atoms with Gasteiger partial charge in [0.1, 0.15) is 6.04 Å². The van der Waals surface area contributed by atoms with Crippen LogP contribution in [0.4, 0.5) is 13.2 Å². The third kappa shape index (κ3) is 7.82. The van der Waals surface area contributed by atoms with Crippen LogP contribution in [0, 0.1) is 5.92 Å². The van der Waals surface area contributed by atoms with Crippen molar-refractivity contribution in [1.82, 2.24) is 10.0 Å². The van der Waals surface area contributed by atoms with Gasteiger partial charge in [-0.3, -0.25) is 4.79 Å². The third-order valence-corrected chi connectivity index (χ3v) is 5.51. The molecular formula is C17H22ClF3N2O5S. The van der Waals surface area contributed by atoms with Crippen molar-refractivity contribution in [2.45, 2.75) is 43.8 Å². The van der Waals surface area contributed by atoms with E-state index in [9.17, 15) is 31.2 Å². The predicted molar refractivity (Wildman–Crippen MR) is 99.7 cm³/mol. The van der Waals surface area contributed by atoms with E-state index in [0.717, 1.165) is 12.1 Å². The molecule has 2 N–H and O–H groups in total. The molecule has 7 nitrogen and oxygen atoms in total. The summed E-state index contributed by atoms with van der Waals surface area (Å²) in [6.07, 6.45) is -4.82. The molecule has 1 aromatic rings. The molecule has 0 saturated carbocycles. The zero-order valence-corrected chi connectivity index (χ0v) is 17.5. The van der Waals surface area contributed by atoms with Crippen LogP contribution in [-0.2, 0) is 30.5 Å². The smallest absolute Gasteiger partial charge is 0.417 e. The highest BCUT2D eigenvalue weighted by Gasteiger charge is 2.34. The lowest BCUT2D eigenvalue weighted by Gasteiger charge is -2.18. The summed E-state index contributed by atoms with van der Waals surface area (Å²) in [5.41, 5.74) is -1.28. The molecule has 1 rings (SSSR count). The van der Waals surface area contributed by atoms with Crippen LogP contribution < -0.4 is 10.0 Å². The van der Waals surface area contributed by atoms with Crippen molar-refractivity contribution in [3.63, 3.8) is 0 Å². The third-order valence-electron chi connectivity index (χ3n) is 3.73. The van der Waals surface area contributed by atoms with E-state index in [4.69, 9.17) is 11.6 Å². The molecule has 0 saturated heterocycles. The van der Waals surface area contributed by atoms with E-state index in [1.807, 2.05) is 18.6 Å². The number of carbonyl (C=O) groups is 2. The summed E-state index contributed by atoms with van der Waals surface area (Å²) in [7, 11) is -3.13. The molecule has 29 heavy (non-hydrogen) atoms. The minimum absolute atomic E-state index is 0.0886. The predicted octanol–water partition coefficient (Wildman–Crippen LogP) is 2.73. The topological polar surface area (TPSA) is 102 Å². The highest BCUT2D eigenvalue weighted by Crippen LogP contribution is 2.35. The monoisotopic (exact) mass is 458 g/mol. The standard InChI is InChI=1S/C17H22ClF3N2O5S/c1-10(2)8-14(16(25)28-3)23-15(24)6-7-22-29(26,27)11-4-5-13(18)12(9-11)17(19,20)21/h4-5,9-10,14,22H,6-8H2,1-3H3,(H,23,24). The Balaban J connectivity index is 2.75. The van der Waals surface area contributed by atoms with Crippen LogP contribution in [0.2, 0.25) is 5.02 Å². The molecule has 1 atom stereocenters. The average Bonchev–Trinajstić information content (AvgIpc) is 2.59. The zero-order valence-electron chi connectivity index (χ0n) is 16.0. The second-order valence-electron chi connectivity index (χ2n) is 6.56. The van der Waals surface area contributed by atoms with Gasteiger partial charge < -0.3 is 10.1 Å². The first-order chi connectivity index (χ1) is 13.3. The molecule has 1 unspecified atom stereocenters. The summed E-state index contributed by atoms with van der Waals surface area (Å²) < 4.78 is 69.7. The molecule has 1 aromatic carbocycles. The maximum atomic E-state index is 12.9. The molecule has 0 aliphatic carbocycles. The Labute approximate surface area is 172 Å². The maximum Gasteiger partial charge on any atom is 0.417 e. The summed E-state index contributed by atoms with van der Waals surface area (Å²) in [6.45, 7) is 3.31. The number of methoxy groups -OCH3 is 1. The zero-order chi connectivity index (χ0) is 22.4. The van der Waals surface area contributed by atoms with E-state index in [1.165, 1.54) is 7.11 Å². The molecule has 0 heterocycles. The van der Waals surface area contributed by atoms with Crippen molar-refractivity contribution in [2.75, 3.05) is 13.7 Å². The van der Waals surface area contributed by atoms with Gasteiger partial charge >= 0.3 is 12.1 Å². The van der Waals surface area contributed by atoms with E-state index in [-0.39, 0.29) is 18.9 Å². The Morgan fingerprint density at radius 3 is 2.38 bits per heavy atom. The summed E-state index contributed by atoms with van der Waals surface area (Å²) in [5.74, 6) is -1.16. The SMILES string of the molecule is COC(=O)C(CC(C)C)NC(=O)CCNS(=O)(=O)c1ccc(Cl)c(C(F)(F)F)c1. The molecule has 0 fully saturated rings. The number of hydrogen-bond donors (Lipinski definition) is 2. The first-order valence-corrected chi connectivity index (χ1v) is 10.4. The van der Waals surface area contributed by atoms with Crippen molar-refractivity contribution >= 4 is 33.5 Å². The number of nitrogens with one attached hydrogen (secondary N) is 2. The Morgan fingerprint density at radius 1 is 1.24 bits per heavy atom. The summed E-state index contributed by atoms with van der Waals surface area (Å²) in [4.78, 5) is 23.0. The Hall–Kier alpha value is -1.85. The number of rotatable bonds is 9. The van der Waals surface area contributed by atoms with E-state index >= 15 is 0 Å². The van der Waals surface area contributed by atoms with Crippen LogP contribution in [0.15, 0.2) is 23.1 Å². The van der Waals surface area contributed by atoms with Gasteiger partial charge in [0.25, 0.3) is 0 Å². The number of alkyl halides is 3. The number of halogens is 4. The van der Waals surface area contributed by atoms with Gasteiger partial charge in [0.2, 0.25) is 15.9 Å². The minimum Gasteiger partial charge on any atom is -0.467 e. The molecule has 1 amide bonds. The first-order valence-electron chi connectivity index (χ1n) is 8.51. The molecule has 0 bridgehead atoms. The van der Waals surface area contributed by atoms with Gasteiger partial charge in [0.15, 0.2) is 0 Å². The number of benzene rings is 1. The van der Waals surface area contributed by atoms with Gasteiger partial charge in [0.05, 0.1) is 22.6 Å². The van der Waals surface area contributed by atoms with E-state index in [0.29, 0.717) is 12.5 Å². The highest BCUT2D eigenvalue weighted by molar-refractivity contribution is 7.89. The molecule has 0 spiro atoms. The Kier molecular flexibility index (Phi) is 8.91. The van der Waals surface area contributed by atoms with Gasteiger partial charge in [0, 0.05) is 13.0 Å². The minimum atomic E-state index is -4.82. The van der Waals surface area contributed by atoms with E-state index in [1.54, 1.807) is 0 Å². The van der Waals surface area contributed by atoms with Gasteiger partial charge in [-0.2, -0.15) is 13.2 Å². The number of carbonyl (C=O) groups excluding carboxylic acids is 2. The molecule has 0 aliphatic rings. The van der Waals surface area contributed by atoms with Crippen LogP contribution in [0.3, 0.4) is 0 Å². The van der Waals surface area contributed by atoms with Crippen molar-refractivity contribution in [2.24, 2.45) is 5.92 Å². The van der Waals surface area contributed by atoms with Crippen molar-refractivity contribution in [3.8, 4) is 0 Å². The number of ether oxygens (including phenoxy) is 1. The number of sulfonamides is 1. The van der Waals surface area contributed by atoms with E-state index in [2.05, 4.69) is 10.1 Å². The lowest BCUT2D eigenvalue weighted by Crippen LogP contribution is -2.43. The van der Waals surface area contributed by atoms with Crippen LogP contribution in [0.1, 0.15) is 32.3 Å². The van der Waals surface area contributed by atoms with Crippen LogP contribution in [0.5, 0.6) is 0 Å². The second-order valence-corrected chi connectivity index (χ2v) is 8.73. The maximum absolute atomic E-state index is 12.9. The van der Waals surface area contributed by atoms with Gasteiger partial charge in [-0.05, 0) is 30.5 Å². The van der Waals surface area contributed by atoms with Crippen LogP contribution in [-0.4, -0.2) is 40.0 Å². The molecule has 12 heteroatoms. The van der Waals surface area contributed by atoms with Crippen molar-refractivity contribution < 1.29 is 35.9 Å². The molecule has 0 aromatic heterocycles. The lowest BCUT2D eigenvalue weighted by molar-refractivity contribution is -0.145. The van der Waals surface area contributed by atoms with Gasteiger partial charge in [-0.25, -0.2) is 17.9 Å². The van der Waals surface area contributed by atoms with Crippen LogP contribution in [0.25, 0.3) is 0 Å². The Bertz CT molecular complexity index is 844. The van der Waals surface area contributed by atoms with Gasteiger partial charge in [-0.1, -0.05) is 25.4 Å².